The van der Waals surface area contributed by atoms with Crippen molar-refractivity contribution in [2.45, 2.75) is 46.1 Å². The van der Waals surface area contributed by atoms with Gasteiger partial charge in [-0.05, 0) is 66.5 Å². The Bertz CT molecular complexity index is 982. The van der Waals surface area contributed by atoms with Crippen molar-refractivity contribution < 1.29 is 18.4 Å². The largest absolute Gasteiger partial charge is 0.337 e. The number of hydrogen-bond acceptors (Lipinski definition) is 2. The minimum atomic E-state index is -0.422. The average Bonchev–Trinajstić information content (AvgIpc) is 2.65. The molecule has 1 aliphatic rings. The highest BCUT2D eigenvalue weighted by atomic mass is 19.1. The quantitative estimate of drug-likeness (QED) is 0.492. The van der Waals surface area contributed by atoms with Gasteiger partial charge in [0.05, 0.1) is 0 Å². The zero-order valence-electron chi connectivity index (χ0n) is 18.6. The Morgan fingerprint density at radius 3 is 2.03 bits per heavy atom. The van der Waals surface area contributed by atoms with Crippen LogP contribution in [0.15, 0.2) is 48.5 Å². The molecule has 0 radical (unpaired) electrons. The number of carbonyl (C=O) groups is 2. The van der Waals surface area contributed by atoms with Crippen LogP contribution in [0, 0.1) is 22.5 Å². The van der Waals surface area contributed by atoms with Crippen molar-refractivity contribution in [1.29, 1.82) is 0 Å². The Hall–Kier alpha value is -3.16. The third kappa shape index (κ3) is 6.93. The third-order valence-corrected chi connectivity index (χ3v) is 5.62. The summed E-state index contributed by atoms with van der Waals surface area (Å²) in [5.74, 6) is -0.842. The molecule has 0 aromatic heterocycles. The van der Waals surface area contributed by atoms with Crippen LogP contribution in [0.2, 0.25) is 0 Å². The van der Waals surface area contributed by atoms with Gasteiger partial charge in [-0.2, -0.15) is 0 Å². The van der Waals surface area contributed by atoms with Crippen LogP contribution in [0.4, 0.5) is 29.7 Å². The van der Waals surface area contributed by atoms with Crippen molar-refractivity contribution in [3.63, 3.8) is 0 Å². The van der Waals surface area contributed by atoms with Gasteiger partial charge in [0.25, 0.3) is 0 Å². The first-order valence-electron chi connectivity index (χ1n) is 10.7. The van der Waals surface area contributed by atoms with E-state index in [2.05, 4.69) is 42.0 Å². The van der Waals surface area contributed by atoms with Crippen molar-refractivity contribution >= 4 is 23.4 Å². The first kappa shape index (κ1) is 23.5. The molecule has 2 aromatic rings. The van der Waals surface area contributed by atoms with Gasteiger partial charge in [0.15, 0.2) is 0 Å². The van der Waals surface area contributed by atoms with Crippen molar-refractivity contribution in [1.82, 2.24) is 10.6 Å². The fourth-order valence-corrected chi connectivity index (χ4v) is 4.82. The predicted octanol–water partition coefficient (Wildman–Crippen LogP) is 5.49. The van der Waals surface area contributed by atoms with E-state index in [4.69, 9.17) is 0 Å². The molecule has 32 heavy (non-hydrogen) atoms. The Kier molecular flexibility index (Phi) is 7.01. The molecule has 2 aromatic carbocycles. The summed E-state index contributed by atoms with van der Waals surface area (Å²) in [6, 6.07) is 10.5. The van der Waals surface area contributed by atoms with E-state index < -0.39 is 23.7 Å². The van der Waals surface area contributed by atoms with Gasteiger partial charge in [0.2, 0.25) is 0 Å². The normalized spacial score (nSPS) is 22.0. The highest BCUT2D eigenvalue weighted by molar-refractivity contribution is 5.90. The number of halogens is 2. The Labute approximate surface area is 187 Å². The van der Waals surface area contributed by atoms with Crippen LogP contribution in [-0.2, 0) is 0 Å². The highest BCUT2D eigenvalue weighted by Gasteiger charge is 2.41. The van der Waals surface area contributed by atoms with Crippen molar-refractivity contribution in [2.24, 2.45) is 10.8 Å². The van der Waals surface area contributed by atoms with Crippen LogP contribution in [-0.4, -0.2) is 24.6 Å². The maximum Gasteiger partial charge on any atom is 0.319 e. The van der Waals surface area contributed by atoms with Crippen molar-refractivity contribution in [3.05, 3.63) is 60.2 Å². The van der Waals surface area contributed by atoms with E-state index >= 15 is 0 Å². The molecule has 0 saturated heterocycles. The number of rotatable bonds is 5. The monoisotopic (exact) mass is 444 g/mol. The molecule has 0 heterocycles. The van der Waals surface area contributed by atoms with E-state index in [1.54, 1.807) is 12.1 Å². The van der Waals surface area contributed by atoms with Gasteiger partial charge in [-0.15, -0.1) is 0 Å². The Morgan fingerprint density at radius 1 is 0.906 bits per heavy atom. The lowest BCUT2D eigenvalue weighted by Gasteiger charge is -2.46. The molecular weight excluding hydrogens is 414 g/mol. The average molecular weight is 445 g/mol. The van der Waals surface area contributed by atoms with Crippen LogP contribution < -0.4 is 21.3 Å². The fourth-order valence-electron chi connectivity index (χ4n) is 4.82. The summed E-state index contributed by atoms with van der Waals surface area (Å²) in [6.45, 7) is 6.75. The molecule has 2 unspecified atom stereocenters. The minimum absolute atomic E-state index is 0.0511. The maximum atomic E-state index is 13.4. The zero-order chi connectivity index (χ0) is 23.4. The van der Waals surface area contributed by atoms with Crippen LogP contribution in [0.25, 0.3) is 0 Å². The number of carbonyl (C=O) groups excluding carboxylic acids is 2. The van der Waals surface area contributed by atoms with Crippen LogP contribution >= 0.6 is 0 Å². The van der Waals surface area contributed by atoms with Gasteiger partial charge >= 0.3 is 12.1 Å². The lowest BCUT2D eigenvalue weighted by atomic mass is 9.62. The number of amides is 4. The zero-order valence-corrected chi connectivity index (χ0v) is 18.6. The summed E-state index contributed by atoms with van der Waals surface area (Å²) in [7, 11) is 0. The van der Waals surface area contributed by atoms with Crippen molar-refractivity contribution in [3.8, 4) is 0 Å². The van der Waals surface area contributed by atoms with E-state index in [1.807, 2.05) is 0 Å². The number of nitrogens with one attached hydrogen (secondary N) is 4. The molecule has 1 fully saturated rings. The van der Waals surface area contributed by atoms with E-state index in [9.17, 15) is 18.4 Å². The van der Waals surface area contributed by atoms with E-state index in [-0.39, 0.29) is 16.9 Å². The standard InChI is InChI=1S/C24H30F2N4O2/c1-23(2)12-20(30-22(32)29-19-9-5-7-17(26)11-19)13-24(3,14-23)15-27-21(31)28-18-8-4-6-16(25)10-18/h4-11,20H,12-15H2,1-3H3,(H2,27,28,31)(H2,29,30,32). The van der Waals surface area contributed by atoms with E-state index in [0.29, 0.717) is 24.3 Å². The first-order valence-corrected chi connectivity index (χ1v) is 10.7. The molecule has 6 nitrogen and oxygen atoms in total. The molecule has 172 valence electrons. The lowest BCUT2D eigenvalue weighted by molar-refractivity contribution is 0.0761. The van der Waals surface area contributed by atoms with Crippen molar-refractivity contribution in [2.75, 3.05) is 17.2 Å². The van der Waals surface area contributed by atoms with E-state index in [0.717, 1.165) is 12.8 Å². The highest BCUT2D eigenvalue weighted by Crippen LogP contribution is 2.45. The van der Waals surface area contributed by atoms with E-state index in [1.165, 1.54) is 36.4 Å². The molecule has 0 bridgehead atoms. The summed E-state index contributed by atoms with van der Waals surface area (Å²) in [5, 5.41) is 11.2. The predicted molar refractivity (Wildman–Crippen MR) is 122 cm³/mol. The molecular formula is C24H30F2N4O2. The van der Waals surface area contributed by atoms with Crippen LogP contribution in [0.5, 0.6) is 0 Å². The molecule has 8 heteroatoms. The number of hydrogen-bond donors (Lipinski definition) is 4. The van der Waals surface area contributed by atoms with Gasteiger partial charge in [-0.1, -0.05) is 32.9 Å². The molecule has 4 N–H and O–H groups in total. The lowest BCUT2D eigenvalue weighted by Crippen LogP contribution is -2.51. The Morgan fingerprint density at radius 2 is 1.47 bits per heavy atom. The summed E-state index contributed by atoms with van der Waals surface area (Å²) >= 11 is 0. The second-order valence-corrected chi connectivity index (χ2v) is 9.68. The van der Waals surface area contributed by atoms with Gasteiger partial charge in [-0.25, -0.2) is 18.4 Å². The molecule has 0 spiro atoms. The van der Waals surface area contributed by atoms with Crippen LogP contribution in [0.1, 0.15) is 40.0 Å². The summed E-state index contributed by atoms with van der Waals surface area (Å²) in [6.07, 6.45) is 2.33. The Balaban J connectivity index is 1.57. The summed E-state index contributed by atoms with van der Waals surface area (Å²) in [5.41, 5.74) is 0.462. The second-order valence-electron chi connectivity index (χ2n) is 9.68. The van der Waals surface area contributed by atoms with Gasteiger partial charge in [0, 0.05) is 24.0 Å². The molecule has 1 saturated carbocycles. The topological polar surface area (TPSA) is 82.3 Å². The molecule has 1 aliphatic carbocycles. The summed E-state index contributed by atoms with van der Waals surface area (Å²) in [4.78, 5) is 24.8. The minimum Gasteiger partial charge on any atom is -0.337 e. The summed E-state index contributed by atoms with van der Waals surface area (Å²) < 4.78 is 26.7. The van der Waals surface area contributed by atoms with Gasteiger partial charge in [-0.3, -0.25) is 0 Å². The molecule has 2 atom stereocenters. The third-order valence-electron chi connectivity index (χ3n) is 5.62. The molecule has 0 aliphatic heterocycles. The molecule has 4 amide bonds. The number of benzene rings is 2. The SMILES string of the molecule is CC1(C)CC(NC(=O)Nc2cccc(F)c2)CC(C)(CNC(=O)Nc2cccc(F)c2)C1. The fraction of sp³-hybridized carbons (Fsp3) is 0.417. The smallest absolute Gasteiger partial charge is 0.319 e. The van der Waals surface area contributed by atoms with Gasteiger partial charge < -0.3 is 21.3 Å². The van der Waals surface area contributed by atoms with Gasteiger partial charge in [0.1, 0.15) is 11.6 Å². The van der Waals surface area contributed by atoms with Crippen LogP contribution in [0.3, 0.4) is 0 Å². The first-order chi connectivity index (χ1) is 15.0. The maximum absolute atomic E-state index is 13.4. The number of urea groups is 2. The number of anilines is 2. The second kappa shape index (κ2) is 9.54. The molecule has 3 rings (SSSR count).